The van der Waals surface area contributed by atoms with Gasteiger partial charge >= 0.3 is 5.97 Å². The lowest BCUT2D eigenvalue weighted by Crippen LogP contribution is -2.39. The van der Waals surface area contributed by atoms with E-state index in [2.05, 4.69) is 5.32 Å². The maximum Gasteiger partial charge on any atom is 0.324 e. The Morgan fingerprint density at radius 3 is 2.58 bits per heavy atom. The van der Waals surface area contributed by atoms with Crippen LogP contribution in [0.1, 0.15) is 31.4 Å². The summed E-state index contributed by atoms with van der Waals surface area (Å²) in [7, 11) is 0. The second kappa shape index (κ2) is 8.45. The molecule has 0 aliphatic rings. The molecule has 0 aromatic heterocycles. The first-order valence-electron chi connectivity index (χ1n) is 6.50. The molecule has 4 heteroatoms. The molecule has 0 saturated heterocycles. The van der Waals surface area contributed by atoms with Gasteiger partial charge in [0, 0.05) is 0 Å². The number of aliphatic carboxylic acids is 1. The summed E-state index contributed by atoms with van der Waals surface area (Å²) >= 11 is 0. The van der Waals surface area contributed by atoms with E-state index in [1.165, 1.54) is 0 Å². The van der Waals surface area contributed by atoms with E-state index in [0.717, 1.165) is 18.4 Å². The summed E-state index contributed by atoms with van der Waals surface area (Å²) in [5, 5.41) is 21.5. The molecule has 0 radical (unpaired) electrons. The maximum absolute atomic E-state index is 11.2. The number of unbranched alkanes of at least 4 members (excludes halogenated alkanes) is 1. The minimum atomic E-state index is -0.943. The van der Waals surface area contributed by atoms with Gasteiger partial charge < -0.3 is 10.2 Å². The predicted octanol–water partition coefficient (Wildman–Crippen LogP) is 2.12. The second-order valence-corrected chi connectivity index (χ2v) is 4.35. The van der Waals surface area contributed by atoms with E-state index in [4.69, 9.17) is 5.11 Å². The highest BCUT2D eigenvalue weighted by Crippen LogP contribution is 2.13. The van der Waals surface area contributed by atoms with Gasteiger partial charge in [0.05, 0.1) is 12.6 Å². The molecule has 0 heterocycles. The Morgan fingerprint density at radius 1 is 1.37 bits per heavy atom. The highest BCUT2D eigenvalue weighted by Gasteiger charge is 2.19. The predicted molar refractivity (Wildman–Crippen MR) is 74.9 cm³/mol. The first-order valence-corrected chi connectivity index (χ1v) is 6.50. The van der Waals surface area contributed by atoms with Crippen molar-refractivity contribution in [2.45, 2.75) is 31.8 Å². The summed E-state index contributed by atoms with van der Waals surface area (Å²) in [4.78, 5) is 11.2. The van der Waals surface area contributed by atoms with E-state index >= 15 is 0 Å². The van der Waals surface area contributed by atoms with Gasteiger partial charge in [-0.25, -0.2) is 0 Å². The Morgan fingerprint density at radius 2 is 2.05 bits per heavy atom. The molecule has 104 valence electrons. The van der Waals surface area contributed by atoms with Crippen molar-refractivity contribution in [3.63, 3.8) is 0 Å². The van der Waals surface area contributed by atoms with Gasteiger partial charge in [-0.05, 0) is 12.0 Å². The van der Waals surface area contributed by atoms with Gasteiger partial charge in [0.15, 0.2) is 0 Å². The molecule has 0 amide bonds. The first kappa shape index (κ1) is 15.4. The molecule has 19 heavy (non-hydrogen) atoms. The van der Waals surface area contributed by atoms with Gasteiger partial charge in [0.1, 0.15) is 6.04 Å². The zero-order chi connectivity index (χ0) is 14.1. The van der Waals surface area contributed by atoms with Crippen LogP contribution >= 0.6 is 0 Å². The van der Waals surface area contributed by atoms with Crippen LogP contribution < -0.4 is 5.32 Å². The van der Waals surface area contributed by atoms with Gasteiger partial charge in [-0.15, -0.1) is 0 Å². The first-order chi connectivity index (χ1) is 9.19. The number of hydrogen-bond donors (Lipinski definition) is 3. The average Bonchev–Trinajstić information content (AvgIpc) is 2.43. The zero-order valence-electron chi connectivity index (χ0n) is 11.1. The fourth-order valence-corrected chi connectivity index (χ4v) is 1.76. The van der Waals surface area contributed by atoms with Crippen LogP contribution in [-0.4, -0.2) is 28.8 Å². The number of carboxylic acid groups (broad SMARTS) is 1. The third kappa shape index (κ3) is 5.24. The Bertz CT molecular complexity index is 403. The van der Waals surface area contributed by atoms with Gasteiger partial charge in [-0.2, -0.15) is 0 Å². The Labute approximate surface area is 113 Å². The van der Waals surface area contributed by atoms with Crippen molar-refractivity contribution in [2.75, 3.05) is 6.61 Å². The molecule has 0 saturated carbocycles. The van der Waals surface area contributed by atoms with Crippen LogP contribution in [0.15, 0.2) is 42.5 Å². The lowest BCUT2D eigenvalue weighted by molar-refractivity contribution is -0.138. The lowest BCUT2D eigenvalue weighted by atomic mass is 10.1. The van der Waals surface area contributed by atoms with Crippen molar-refractivity contribution < 1.29 is 15.0 Å². The Hall–Kier alpha value is -1.65. The van der Waals surface area contributed by atoms with Crippen LogP contribution in [0.2, 0.25) is 0 Å². The number of carboxylic acids is 1. The van der Waals surface area contributed by atoms with Crippen LogP contribution in [-0.2, 0) is 4.79 Å². The molecule has 2 atom stereocenters. The molecule has 0 fully saturated rings. The number of rotatable bonds is 8. The number of nitrogens with one attached hydrogen (secondary N) is 1. The average molecular weight is 263 g/mol. The number of benzene rings is 1. The zero-order valence-corrected chi connectivity index (χ0v) is 11.1. The summed E-state index contributed by atoms with van der Waals surface area (Å²) in [5.74, 6) is -0.943. The third-order valence-corrected chi connectivity index (χ3v) is 2.82. The standard InChI is InChI=1S/C15H21NO3/c1-2-3-5-10-13(15(18)19)16-14(11-17)12-8-6-4-7-9-12/h4-10,13-14,16-17H,2-3,11H2,1H3,(H,18,19)/b10-5+. The molecular formula is C15H21NO3. The summed E-state index contributed by atoms with van der Waals surface area (Å²) in [6.45, 7) is 1.89. The van der Waals surface area contributed by atoms with Crippen molar-refractivity contribution in [3.05, 3.63) is 48.0 Å². The summed E-state index contributed by atoms with van der Waals surface area (Å²) < 4.78 is 0. The van der Waals surface area contributed by atoms with Gasteiger partial charge in [0.2, 0.25) is 0 Å². The second-order valence-electron chi connectivity index (χ2n) is 4.35. The van der Waals surface area contributed by atoms with Crippen LogP contribution in [0.5, 0.6) is 0 Å². The molecule has 1 aromatic carbocycles. The van der Waals surface area contributed by atoms with E-state index in [1.807, 2.05) is 43.3 Å². The Kier molecular flexibility index (Phi) is 6.85. The van der Waals surface area contributed by atoms with Gasteiger partial charge in [-0.3, -0.25) is 10.1 Å². The van der Waals surface area contributed by atoms with Crippen LogP contribution in [0.4, 0.5) is 0 Å². The molecule has 2 unspecified atom stereocenters. The van der Waals surface area contributed by atoms with E-state index in [-0.39, 0.29) is 12.6 Å². The topological polar surface area (TPSA) is 69.6 Å². The minimum absolute atomic E-state index is 0.143. The van der Waals surface area contributed by atoms with Crippen molar-refractivity contribution in [1.82, 2.24) is 5.32 Å². The smallest absolute Gasteiger partial charge is 0.324 e. The van der Waals surface area contributed by atoms with Gasteiger partial charge in [-0.1, -0.05) is 55.8 Å². The lowest BCUT2D eigenvalue weighted by Gasteiger charge is -2.20. The van der Waals surface area contributed by atoms with Crippen LogP contribution in [0.3, 0.4) is 0 Å². The van der Waals surface area contributed by atoms with E-state index in [1.54, 1.807) is 6.08 Å². The molecule has 0 aliphatic carbocycles. The molecule has 1 rings (SSSR count). The largest absolute Gasteiger partial charge is 0.480 e. The maximum atomic E-state index is 11.2. The van der Waals surface area contributed by atoms with E-state index < -0.39 is 12.0 Å². The fraction of sp³-hybridized carbons (Fsp3) is 0.400. The molecule has 4 nitrogen and oxygen atoms in total. The number of aliphatic hydroxyl groups is 1. The van der Waals surface area contributed by atoms with E-state index in [9.17, 15) is 9.90 Å². The van der Waals surface area contributed by atoms with E-state index in [0.29, 0.717) is 0 Å². The molecule has 0 bridgehead atoms. The van der Waals surface area contributed by atoms with Crippen molar-refractivity contribution in [1.29, 1.82) is 0 Å². The summed E-state index contributed by atoms with van der Waals surface area (Å²) in [6, 6.07) is 8.17. The fourth-order valence-electron chi connectivity index (χ4n) is 1.76. The monoisotopic (exact) mass is 263 g/mol. The van der Waals surface area contributed by atoms with Crippen LogP contribution in [0.25, 0.3) is 0 Å². The quantitative estimate of drug-likeness (QED) is 0.628. The molecule has 0 spiro atoms. The number of carbonyl (C=O) groups is 1. The van der Waals surface area contributed by atoms with Crippen molar-refractivity contribution in [2.24, 2.45) is 0 Å². The molecule has 0 aliphatic heterocycles. The van der Waals surface area contributed by atoms with Crippen molar-refractivity contribution in [3.8, 4) is 0 Å². The Balaban J connectivity index is 2.73. The SMILES string of the molecule is CCC/C=C/C(NC(CO)c1ccccc1)C(=O)O. The van der Waals surface area contributed by atoms with Crippen LogP contribution in [0, 0.1) is 0 Å². The number of allylic oxidation sites excluding steroid dienone is 1. The normalized spacial score (nSPS) is 14.4. The summed E-state index contributed by atoms with van der Waals surface area (Å²) in [6.07, 6.45) is 5.31. The number of aliphatic hydroxyl groups excluding tert-OH is 1. The molecular weight excluding hydrogens is 242 g/mol. The minimum Gasteiger partial charge on any atom is -0.480 e. The molecule has 1 aromatic rings. The molecule has 3 N–H and O–H groups in total. The number of hydrogen-bond acceptors (Lipinski definition) is 3. The third-order valence-electron chi connectivity index (χ3n) is 2.82. The highest BCUT2D eigenvalue weighted by atomic mass is 16.4. The highest BCUT2D eigenvalue weighted by molar-refractivity contribution is 5.75. The van der Waals surface area contributed by atoms with Gasteiger partial charge in [0.25, 0.3) is 0 Å². The van der Waals surface area contributed by atoms with Crippen molar-refractivity contribution >= 4 is 5.97 Å². The summed E-state index contributed by atoms with van der Waals surface area (Å²) in [5.41, 5.74) is 0.875.